The van der Waals surface area contributed by atoms with Crippen molar-refractivity contribution in [1.29, 1.82) is 0 Å². The molecule has 0 spiro atoms. The summed E-state index contributed by atoms with van der Waals surface area (Å²) in [6, 6.07) is 18.5. The van der Waals surface area contributed by atoms with Gasteiger partial charge in [-0.3, -0.25) is 4.79 Å². The molecule has 3 N–H and O–H groups in total. The third kappa shape index (κ3) is 6.23. The fourth-order valence-corrected chi connectivity index (χ4v) is 4.67. The summed E-state index contributed by atoms with van der Waals surface area (Å²) in [5, 5.41) is 8.79. The molecule has 1 aliphatic heterocycles. The average molecular weight is 530 g/mol. The molecular weight excluding hydrogens is 510 g/mol. The summed E-state index contributed by atoms with van der Waals surface area (Å²) in [7, 11) is -2.25. The lowest BCUT2D eigenvalue weighted by molar-refractivity contribution is -0.115. The molecule has 35 heavy (non-hydrogen) atoms. The number of carbonyl (C=O) groups is 1. The molecule has 1 amide bonds. The zero-order valence-electron chi connectivity index (χ0n) is 18.4. The summed E-state index contributed by atoms with van der Waals surface area (Å²) >= 11 is 7.35. The van der Waals surface area contributed by atoms with Crippen molar-refractivity contribution in [3.63, 3.8) is 0 Å². The molecule has 0 atom stereocenters. The first-order valence-corrected chi connectivity index (χ1v) is 12.9. The number of nitrogens with zero attached hydrogens (tertiary/aromatic N) is 1. The largest absolute Gasteiger partial charge is 0.493 e. The van der Waals surface area contributed by atoms with Gasteiger partial charge in [0.2, 0.25) is 10.0 Å². The van der Waals surface area contributed by atoms with Gasteiger partial charge >= 0.3 is 0 Å². The van der Waals surface area contributed by atoms with Crippen LogP contribution in [-0.2, 0) is 21.4 Å². The fourth-order valence-electron chi connectivity index (χ4n) is 3.12. The van der Waals surface area contributed by atoms with Crippen molar-refractivity contribution in [1.82, 2.24) is 5.32 Å². The molecule has 3 aromatic carbocycles. The highest BCUT2D eigenvalue weighted by Crippen LogP contribution is 2.33. The normalized spacial score (nSPS) is 15.9. The Labute approximate surface area is 211 Å². The molecule has 1 saturated heterocycles. The maximum atomic E-state index is 12.4. The molecule has 0 saturated carbocycles. The van der Waals surface area contributed by atoms with Crippen LogP contribution in [0.15, 0.2) is 81.5 Å². The van der Waals surface area contributed by atoms with E-state index in [0.717, 1.165) is 11.1 Å². The Kier molecular flexibility index (Phi) is 7.46. The van der Waals surface area contributed by atoms with Crippen molar-refractivity contribution in [2.45, 2.75) is 11.5 Å². The van der Waals surface area contributed by atoms with Crippen LogP contribution in [0.3, 0.4) is 0 Å². The molecule has 1 heterocycles. The number of hydrogen-bond acceptors (Lipinski definition) is 7. The predicted molar refractivity (Wildman–Crippen MR) is 137 cm³/mol. The average Bonchev–Trinajstić information content (AvgIpc) is 3.17. The van der Waals surface area contributed by atoms with Gasteiger partial charge in [0.1, 0.15) is 6.61 Å². The first-order chi connectivity index (χ1) is 16.7. The minimum Gasteiger partial charge on any atom is -0.493 e. The van der Waals surface area contributed by atoms with E-state index in [0.29, 0.717) is 32.3 Å². The van der Waals surface area contributed by atoms with E-state index in [1.165, 1.54) is 43.1 Å². The van der Waals surface area contributed by atoms with Crippen molar-refractivity contribution in [2.24, 2.45) is 10.1 Å². The fraction of sp³-hybridized carbons (Fsp3) is 0.0833. The van der Waals surface area contributed by atoms with Crippen LogP contribution in [0.4, 0.5) is 5.69 Å². The van der Waals surface area contributed by atoms with Crippen molar-refractivity contribution < 1.29 is 22.7 Å². The molecule has 4 rings (SSSR count). The van der Waals surface area contributed by atoms with Crippen molar-refractivity contribution >= 4 is 56.2 Å². The van der Waals surface area contributed by atoms with E-state index in [9.17, 15) is 13.2 Å². The molecule has 1 fully saturated rings. The summed E-state index contributed by atoms with van der Waals surface area (Å²) in [6.45, 7) is 0.284. The number of primary sulfonamides is 1. The highest BCUT2D eigenvalue weighted by molar-refractivity contribution is 8.18. The number of carbonyl (C=O) groups excluding carboxylic acids is 1. The number of rotatable bonds is 7. The van der Waals surface area contributed by atoms with Gasteiger partial charge in [0.05, 0.1) is 22.6 Å². The van der Waals surface area contributed by atoms with E-state index in [1.807, 2.05) is 24.3 Å². The maximum absolute atomic E-state index is 12.4. The maximum Gasteiger partial charge on any atom is 0.264 e. The van der Waals surface area contributed by atoms with Crippen LogP contribution in [0.1, 0.15) is 11.1 Å². The number of hydrogen-bond donors (Lipinski definition) is 2. The molecule has 0 aromatic heterocycles. The number of halogens is 1. The molecule has 180 valence electrons. The van der Waals surface area contributed by atoms with Gasteiger partial charge in [0.25, 0.3) is 5.91 Å². The number of nitrogens with one attached hydrogen (secondary N) is 1. The molecule has 3 aromatic rings. The van der Waals surface area contributed by atoms with Crippen LogP contribution >= 0.6 is 23.4 Å². The van der Waals surface area contributed by atoms with Gasteiger partial charge in [0.15, 0.2) is 16.7 Å². The van der Waals surface area contributed by atoms with Gasteiger partial charge in [-0.1, -0.05) is 35.9 Å². The van der Waals surface area contributed by atoms with Gasteiger partial charge in [-0.2, -0.15) is 0 Å². The topological polar surface area (TPSA) is 120 Å². The van der Waals surface area contributed by atoms with Crippen LogP contribution in [0.2, 0.25) is 5.02 Å². The van der Waals surface area contributed by atoms with Crippen molar-refractivity contribution in [2.75, 3.05) is 7.11 Å². The highest BCUT2D eigenvalue weighted by atomic mass is 35.5. The lowest BCUT2D eigenvalue weighted by atomic mass is 10.2. The number of amidine groups is 1. The zero-order valence-corrected chi connectivity index (χ0v) is 20.8. The minimum atomic E-state index is -3.79. The molecule has 0 radical (unpaired) electrons. The van der Waals surface area contributed by atoms with Crippen LogP contribution < -0.4 is 19.9 Å². The third-order valence-electron chi connectivity index (χ3n) is 4.87. The summed E-state index contributed by atoms with van der Waals surface area (Å²) < 4.78 is 34.1. The minimum absolute atomic E-state index is 0.0154. The van der Waals surface area contributed by atoms with Gasteiger partial charge in [-0.05, 0) is 65.9 Å². The summed E-state index contributed by atoms with van der Waals surface area (Å²) in [5.74, 6) is 0.759. The quantitative estimate of drug-likeness (QED) is 0.436. The molecular formula is C24H20ClN3O5S2. The van der Waals surface area contributed by atoms with Crippen LogP contribution in [-0.4, -0.2) is 26.6 Å². The van der Waals surface area contributed by atoms with Gasteiger partial charge in [-0.25, -0.2) is 18.5 Å². The second kappa shape index (κ2) is 10.5. The van der Waals surface area contributed by atoms with E-state index >= 15 is 0 Å². The van der Waals surface area contributed by atoms with Crippen molar-refractivity contribution in [3.05, 3.63) is 87.8 Å². The standard InChI is InChI=1S/C24H20ClN3O5S2/c1-32-21-12-15(6-11-20(21)33-14-16-4-2-3-5-19(16)25)13-22-23(29)28-24(34-22)27-17-7-9-18(10-8-17)35(26,30)31/h2-13H,14H2,1H3,(H2,26,30,31)(H,27,28,29)/b22-13-. The first kappa shape index (κ1) is 24.8. The number of benzene rings is 3. The number of nitrogens with two attached hydrogens (primary N) is 1. The summed E-state index contributed by atoms with van der Waals surface area (Å²) in [5.41, 5.74) is 2.07. The van der Waals surface area contributed by atoms with Crippen LogP contribution in [0, 0.1) is 0 Å². The van der Waals surface area contributed by atoms with E-state index in [1.54, 1.807) is 24.3 Å². The van der Waals surface area contributed by atoms with Gasteiger partial charge < -0.3 is 14.8 Å². The van der Waals surface area contributed by atoms with E-state index < -0.39 is 10.0 Å². The van der Waals surface area contributed by atoms with E-state index in [2.05, 4.69) is 10.3 Å². The molecule has 11 heteroatoms. The summed E-state index contributed by atoms with van der Waals surface area (Å²) in [6.07, 6.45) is 1.72. The Hall–Kier alpha value is -3.31. The number of sulfonamides is 1. The molecule has 8 nitrogen and oxygen atoms in total. The Morgan fingerprint density at radius 1 is 1.09 bits per heavy atom. The smallest absolute Gasteiger partial charge is 0.264 e. The van der Waals surface area contributed by atoms with Crippen LogP contribution in [0.25, 0.3) is 6.08 Å². The molecule has 0 unspecified atom stereocenters. The monoisotopic (exact) mass is 529 g/mol. The van der Waals surface area contributed by atoms with Gasteiger partial charge in [0, 0.05) is 10.6 Å². The number of ether oxygens (including phenoxy) is 2. The van der Waals surface area contributed by atoms with Gasteiger partial charge in [-0.15, -0.1) is 0 Å². The molecule has 1 aliphatic rings. The summed E-state index contributed by atoms with van der Waals surface area (Å²) in [4.78, 5) is 17.2. The lowest BCUT2D eigenvalue weighted by Gasteiger charge is -2.12. The lowest BCUT2D eigenvalue weighted by Crippen LogP contribution is -2.19. The Morgan fingerprint density at radius 2 is 1.83 bits per heavy atom. The van der Waals surface area contributed by atoms with Crippen LogP contribution in [0.5, 0.6) is 11.5 Å². The zero-order chi connectivity index (χ0) is 25.0. The first-order valence-electron chi connectivity index (χ1n) is 10.2. The van der Waals surface area contributed by atoms with E-state index in [-0.39, 0.29) is 17.4 Å². The predicted octanol–water partition coefficient (Wildman–Crippen LogP) is 4.47. The Bertz CT molecular complexity index is 1440. The number of methoxy groups -OCH3 is 1. The molecule has 0 bridgehead atoms. The molecule has 0 aliphatic carbocycles. The van der Waals surface area contributed by atoms with E-state index in [4.69, 9.17) is 26.2 Å². The Morgan fingerprint density at radius 3 is 2.51 bits per heavy atom. The number of thioether (sulfide) groups is 1. The second-order valence-electron chi connectivity index (χ2n) is 7.31. The SMILES string of the molecule is COc1cc(/C=C2\SC(=Nc3ccc(S(N)(=O)=O)cc3)NC2=O)ccc1OCc1ccccc1Cl. The number of amides is 1. The third-order valence-corrected chi connectivity index (χ3v) is 7.08. The Balaban J connectivity index is 1.48. The van der Waals surface area contributed by atoms with Crippen molar-refractivity contribution in [3.8, 4) is 11.5 Å². The highest BCUT2D eigenvalue weighted by Gasteiger charge is 2.24. The number of aliphatic imine (C=N–C) groups is 1. The second-order valence-corrected chi connectivity index (χ2v) is 10.3.